The van der Waals surface area contributed by atoms with Gasteiger partial charge in [0.15, 0.2) is 5.78 Å². The zero-order valence-electron chi connectivity index (χ0n) is 17.6. The van der Waals surface area contributed by atoms with Gasteiger partial charge in [0.25, 0.3) is 10.0 Å². The first-order valence-corrected chi connectivity index (χ1v) is 11.5. The van der Waals surface area contributed by atoms with Gasteiger partial charge >= 0.3 is 0 Å². The molecule has 2 N–H and O–H groups in total. The zero-order chi connectivity index (χ0) is 21.7. The van der Waals surface area contributed by atoms with Crippen molar-refractivity contribution in [2.75, 3.05) is 11.8 Å². The van der Waals surface area contributed by atoms with Crippen molar-refractivity contribution in [3.8, 4) is 5.75 Å². The van der Waals surface area contributed by atoms with Crippen molar-refractivity contribution in [3.63, 3.8) is 0 Å². The maximum Gasteiger partial charge on any atom is 0.262 e. The number of Topliss-reactive ketones (excluding diaryl/α,β-unsaturated/α-hetero) is 1. The van der Waals surface area contributed by atoms with Gasteiger partial charge in [-0.05, 0) is 48.1 Å². The number of ether oxygens (including phenoxy) is 1. The van der Waals surface area contributed by atoms with Gasteiger partial charge in [0.05, 0.1) is 17.7 Å². The number of H-pyrrole nitrogens is 1. The molecule has 30 heavy (non-hydrogen) atoms. The zero-order valence-corrected chi connectivity index (χ0v) is 18.4. The van der Waals surface area contributed by atoms with Gasteiger partial charge in [0.1, 0.15) is 5.75 Å². The lowest BCUT2D eigenvalue weighted by molar-refractivity contribution is 0.0913. The minimum absolute atomic E-state index is 0.109. The Bertz CT molecular complexity index is 1260. The molecule has 0 atom stereocenters. The highest BCUT2D eigenvalue weighted by atomic mass is 32.2. The van der Waals surface area contributed by atoms with Crippen LogP contribution < -0.4 is 9.46 Å². The molecule has 0 aliphatic heterocycles. The van der Waals surface area contributed by atoms with Gasteiger partial charge in [-0.15, -0.1) is 0 Å². The van der Waals surface area contributed by atoms with Crippen LogP contribution in [0.3, 0.4) is 0 Å². The summed E-state index contributed by atoms with van der Waals surface area (Å²) in [5.74, 6) is 0.556. The summed E-state index contributed by atoms with van der Waals surface area (Å²) in [7, 11) is -2.35. The molecule has 0 fully saturated rings. The molecule has 6 nitrogen and oxygen atoms in total. The first-order valence-electron chi connectivity index (χ1n) is 10.0. The van der Waals surface area contributed by atoms with Crippen LogP contribution >= 0.6 is 0 Å². The van der Waals surface area contributed by atoms with Crippen molar-refractivity contribution < 1.29 is 17.9 Å². The minimum Gasteiger partial charge on any atom is -0.495 e. The smallest absolute Gasteiger partial charge is 0.262 e. The van der Waals surface area contributed by atoms with Crippen molar-refractivity contribution in [2.24, 2.45) is 5.41 Å². The number of sulfonamides is 1. The number of fused-ring (bicyclic) bond motifs is 3. The summed E-state index contributed by atoms with van der Waals surface area (Å²) in [4.78, 5) is 16.3. The van der Waals surface area contributed by atoms with Gasteiger partial charge in [0, 0.05) is 28.6 Å². The largest absolute Gasteiger partial charge is 0.495 e. The monoisotopic (exact) mass is 426 g/mol. The number of aryl methyl sites for hydroxylation is 1. The molecule has 0 spiro atoms. The van der Waals surface area contributed by atoms with Crippen LogP contribution in [0.15, 0.2) is 41.3 Å². The molecule has 1 aliphatic rings. The fourth-order valence-electron chi connectivity index (χ4n) is 4.29. The van der Waals surface area contributed by atoms with E-state index in [0.717, 1.165) is 17.5 Å². The molecule has 7 heteroatoms. The van der Waals surface area contributed by atoms with E-state index in [2.05, 4.69) is 23.6 Å². The molecule has 0 saturated heterocycles. The molecule has 0 bridgehead atoms. The Balaban J connectivity index is 1.84. The van der Waals surface area contributed by atoms with Crippen LogP contribution in [0.5, 0.6) is 5.75 Å². The molecule has 1 aliphatic carbocycles. The molecule has 4 rings (SSSR count). The highest BCUT2D eigenvalue weighted by Crippen LogP contribution is 2.39. The maximum atomic E-state index is 13.3. The third-order valence-electron chi connectivity index (χ3n) is 5.65. The summed E-state index contributed by atoms with van der Waals surface area (Å²) in [5.41, 5.74) is 3.21. The van der Waals surface area contributed by atoms with Gasteiger partial charge in [-0.3, -0.25) is 9.52 Å². The number of anilines is 1. The second kappa shape index (κ2) is 7.16. The first-order chi connectivity index (χ1) is 14.1. The SMILES string of the molecule is CCc1cc2c3c([nH]c2cc1S(=O)(=O)Nc1ccccc1OC)CC(C)(C)CC3=O. The third kappa shape index (κ3) is 3.47. The lowest BCUT2D eigenvalue weighted by Gasteiger charge is -2.28. The summed E-state index contributed by atoms with van der Waals surface area (Å²) in [5, 5.41) is 0.804. The molecule has 0 amide bonds. The topological polar surface area (TPSA) is 88.3 Å². The van der Waals surface area contributed by atoms with Crippen molar-refractivity contribution in [1.29, 1.82) is 0 Å². The maximum absolute atomic E-state index is 13.3. The van der Waals surface area contributed by atoms with E-state index in [0.29, 0.717) is 40.9 Å². The number of benzene rings is 2. The number of carbonyl (C=O) groups excluding carboxylic acids is 1. The molecular weight excluding hydrogens is 400 g/mol. The number of hydrogen-bond donors (Lipinski definition) is 2. The average molecular weight is 427 g/mol. The van der Waals surface area contributed by atoms with Crippen LogP contribution in [-0.4, -0.2) is 26.3 Å². The number of para-hydroxylation sites is 2. The molecule has 0 saturated carbocycles. The molecule has 3 aromatic rings. The Morgan fingerprint density at radius 1 is 1.17 bits per heavy atom. The summed E-state index contributed by atoms with van der Waals surface area (Å²) >= 11 is 0. The molecule has 0 unspecified atom stereocenters. The summed E-state index contributed by atoms with van der Waals surface area (Å²) < 4.78 is 34.4. The average Bonchev–Trinajstić information content (AvgIpc) is 3.03. The van der Waals surface area contributed by atoms with Gasteiger partial charge in [-0.2, -0.15) is 0 Å². The van der Waals surface area contributed by atoms with Crippen molar-refractivity contribution in [3.05, 3.63) is 53.2 Å². The predicted molar refractivity (Wildman–Crippen MR) is 118 cm³/mol. The number of methoxy groups -OCH3 is 1. The van der Waals surface area contributed by atoms with Crippen LogP contribution in [0, 0.1) is 5.41 Å². The van der Waals surface area contributed by atoms with Crippen LogP contribution in [0.25, 0.3) is 10.9 Å². The lowest BCUT2D eigenvalue weighted by atomic mass is 9.76. The van der Waals surface area contributed by atoms with E-state index >= 15 is 0 Å². The molecule has 1 heterocycles. The van der Waals surface area contributed by atoms with Gasteiger partial charge in [0.2, 0.25) is 0 Å². The predicted octanol–water partition coefficient (Wildman–Crippen LogP) is 4.69. The molecular formula is C23H26N2O4S. The standard InChI is InChI=1S/C23H26N2O4S/c1-5-14-10-15-17(24-18-12-23(2,3)13-19(26)22(15)18)11-21(14)30(27,28)25-16-8-6-7-9-20(16)29-4/h6-11,24-25H,5,12-13H2,1-4H3. The summed E-state index contributed by atoms with van der Waals surface area (Å²) in [6.45, 7) is 6.06. The summed E-state index contributed by atoms with van der Waals surface area (Å²) in [6, 6.07) is 10.4. The van der Waals surface area contributed by atoms with Crippen LogP contribution in [0.2, 0.25) is 0 Å². The van der Waals surface area contributed by atoms with Crippen molar-refractivity contribution in [2.45, 2.75) is 44.9 Å². The Morgan fingerprint density at radius 2 is 1.90 bits per heavy atom. The highest BCUT2D eigenvalue weighted by Gasteiger charge is 2.34. The van der Waals surface area contributed by atoms with E-state index in [1.807, 2.05) is 13.0 Å². The van der Waals surface area contributed by atoms with E-state index < -0.39 is 10.0 Å². The van der Waals surface area contributed by atoms with Gasteiger partial charge in [-0.1, -0.05) is 32.9 Å². The number of hydrogen-bond acceptors (Lipinski definition) is 4. The Labute approximate surface area is 176 Å². The minimum atomic E-state index is -3.85. The van der Waals surface area contributed by atoms with Crippen LogP contribution in [0.1, 0.15) is 48.8 Å². The van der Waals surface area contributed by atoms with Crippen LogP contribution in [-0.2, 0) is 22.9 Å². The van der Waals surface area contributed by atoms with Crippen molar-refractivity contribution >= 4 is 32.4 Å². The number of ketones is 1. The first kappa shape index (κ1) is 20.5. The molecule has 158 valence electrons. The van der Waals surface area contributed by atoms with E-state index in [1.165, 1.54) is 7.11 Å². The second-order valence-electron chi connectivity index (χ2n) is 8.58. The summed E-state index contributed by atoms with van der Waals surface area (Å²) in [6.07, 6.45) is 1.77. The molecule has 1 aromatic heterocycles. The Kier molecular flexibility index (Phi) is 4.89. The number of carbonyl (C=O) groups is 1. The van der Waals surface area contributed by atoms with E-state index in [9.17, 15) is 13.2 Å². The number of rotatable bonds is 5. The fraction of sp³-hybridized carbons (Fsp3) is 0.348. The Morgan fingerprint density at radius 3 is 2.60 bits per heavy atom. The van der Waals surface area contributed by atoms with E-state index in [1.54, 1.807) is 30.3 Å². The molecule has 2 aromatic carbocycles. The lowest BCUT2D eigenvalue weighted by Crippen LogP contribution is -2.26. The second-order valence-corrected chi connectivity index (χ2v) is 10.2. The fourth-order valence-corrected chi connectivity index (χ4v) is 5.68. The quantitative estimate of drug-likeness (QED) is 0.619. The molecule has 0 radical (unpaired) electrons. The van der Waals surface area contributed by atoms with E-state index in [-0.39, 0.29) is 16.1 Å². The number of aromatic nitrogens is 1. The third-order valence-corrected chi connectivity index (χ3v) is 7.10. The van der Waals surface area contributed by atoms with Crippen molar-refractivity contribution in [1.82, 2.24) is 4.98 Å². The van der Waals surface area contributed by atoms with Gasteiger partial charge < -0.3 is 9.72 Å². The number of aromatic amines is 1. The highest BCUT2D eigenvalue weighted by molar-refractivity contribution is 7.92. The van der Waals surface area contributed by atoms with Gasteiger partial charge in [-0.25, -0.2) is 8.42 Å². The van der Waals surface area contributed by atoms with E-state index in [4.69, 9.17) is 4.74 Å². The normalized spacial score (nSPS) is 15.8. The van der Waals surface area contributed by atoms with Crippen LogP contribution in [0.4, 0.5) is 5.69 Å². The number of nitrogens with one attached hydrogen (secondary N) is 2. The Hall–Kier alpha value is -2.80.